The first-order chi connectivity index (χ1) is 11.9. The molecule has 0 saturated heterocycles. The highest BCUT2D eigenvalue weighted by Gasteiger charge is 2.22. The van der Waals surface area contributed by atoms with E-state index in [2.05, 4.69) is 5.32 Å². The lowest BCUT2D eigenvalue weighted by Crippen LogP contribution is -2.13. The Morgan fingerprint density at radius 1 is 1.16 bits per heavy atom. The summed E-state index contributed by atoms with van der Waals surface area (Å²) in [5.41, 5.74) is 1.34. The molecule has 0 bridgehead atoms. The number of halogens is 2. The molecule has 0 radical (unpaired) electrons. The molecule has 2 aromatic heterocycles. The second kappa shape index (κ2) is 7.17. The van der Waals surface area contributed by atoms with Crippen LogP contribution in [0, 0.1) is 6.92 Å². The fourth-order valence-corrected chi connectivity index (χ4v) is 4.66. The maximum Gasteiger partial charge on any atom is 0.339 e. The Labute approximate surface area is 161 Å². The van der Waals surface area contributed by atoms with Crippen molar-refractivity contribution in [3.63, 3.8) is 0 Å². The predicted molar refractivity (Wildman–Crippen MR) is 104 cm³/mol. The van der Waals surface area contributed by atoms with Crippen LogP contribution in [-0.2, 0) is 0 Å². The summed E-state index contributed by atoms with van der Waals surface area (Å²) in [4.78, 5) is 25.6. The number of thiophene rings is 2. The number of amides is 1. The van der Waals surface area contributed by atoms with Crippen molar-refractivity contribution in [2.24, 2.45) is 0 Å². The number of carboxylic acids is 1. The number of carbonyl (C=O) groups is 2. The molecule has 2 N–H and O–H groups in total. The number of hydrogen-bond acceptors (Lipinski definition) is 4. The SMILES string of the molecule is Cc1cc(C(=O)Nc2csc(-c3ccc(Cl)cc3)c2C(=O)O)c(Cl)s1. The summed E-state index contributed by atoms with van der Waals surface area (Å²) in [5.74, 6) is -1.55. The summed E-state index contributed by atoms with van der Waals surface area (Å²) >= 11 is 14.5. The highest BCUT2D eigenvalue weighted by molar-refractivity contribution is 7.16. The Kier molecular flexibility index (Phi) is 5.15. The Morgan fingerprint density at radius 3 is 2.40 bits per heavy atom. The zero-order chi connectivity index (χ0) is 18.1. The van der Waals surface area contributed by atoms with Crippen LogP contribution >= 0.6 is 45.9 Å². The predicted octanol–water partition coefficient (Wildman–Crippen LogP) is 6.04. The third-order valence-electron chi connectivity index (χ3n) is 3.41. The number of carboxylic acid groups (broad SMARTS) is 1. The number of benzene rings is 1. The van der Waals surface area contributed by atoms with E-state index in [-0.39, 0.29) is 11.3 Å². The number of aryl methyl sites for hydroxylation is 1. The minimum Gasteiger partial charge on any atom is -0.478 e. The molecule has 1 amide bonds. The van der Waals surface area contributed by atoms with Gasteiger partial charge in [-0.25, -0.2) is 4.79 Å². The third kappa shape index (κ3) is 3.72. The topological polar surface area (TPSA) is 66.4 Å². The summed E-state index contributed by atoms with van der Waals surface area (Å²) < 4.78 is 0.375. The summed E-state index contributed by atoms with van der Waals surface area (Å²) in [7, 11) is 0. The first-order valence-corrected chi connectivity index (χ1v) is 9.50. The van der Waals surface area contributed by atoms with E-state index in [4.69, 9.17) is 23.2 Å². The van der Waals surface area contributed by atoms with Crippen molar-refractivity contribution in [2.75, 3.05) is 5.32 Å². The van der Waals surface area contributed by atoms with E-state index in [0.29, 0.717) is 19.8 Å². The summed E-state index contributed by atoms with van der Waals surface area (Å²) in [6.45, 7) is 1.85. The lowest BCUT2D eigenvalue weighted by atomic mass is 10.1. The molecule has 3 aromatic rings. The van der Waals surface area contributed by atoms with Crippen LogP contribution in [0.25, 0.3) is 10.4 Å². The molecule has 0 aliphatic carbocycles. The Balaban J connectivity index is 1.97. The zero-order valence-electron chi connectivity index (χ0n) is 12.8. The van der Waals surface area contributed by atoms with E-state index >= 15 is 0 Å². The van der Waals surface area contributed by atoms with Crippen molar-refractivity contribution in [1.82, 2.24) is 0 Å². The number of rotatable bonds is 4. The zero-order valence-corrected chi connectivity index (χ0v) is 15.9. The van der Waals surface area contributed by atoms with Gasteiger partial charge in [-0.15, -0.1) is 22.7 Å². The molecule has 0 spiro atoms. The quantitative estimate of drug-likeness (QED) is 0.549. The molecule has 0 aliphatic rings. The van der Waals surface area contributed by atoms with E-state index in [0.717, 1.165) is 10.4 Å². The lowest BCUT2D eigenvalue weighted by molar-refractivity contribution is 0.0699. The number of carbonyl (C=O) groups excluding carboxylic acids is 1. The van der Waals surface area contributed by atoms with Gasteiger partial charge < -0.3 is 10.4 Å². The first kappa shape index (κ1) is 17.9. The number of nitrogens with one attached hydrogen (secondary N) is 1. The molecule has 25 heavy (non-hydrogen) atoms. The van der Waals surface area contributed by atoms with E-state index in [1.54, 1.807) is 35.7 Å². The Bertz CT molecular complexity index is 961. The third-order valence-corrected chi connectivity index (χ3v) is 5.97. The van der Waals surface area contributed by atoms with Crippen molar-refractivity contribution in [3.8, 4) is 10.4 Å². The van der Waals surface area contributed by atoms with Gasteiger partial charge >= 0.3 is 5.97 Å². The molecule has 1 aromatic carbocycles. The molecule has 2 heterocycles. The number of anilines is 1. The van der Waals surface area contributed by atoms with Crippen molar-refractivity contribution in [2.45, 2.75) is 6.92 Å². The van der Waals surface area contributed by atoms with Crippen LogP contribution in [-0.4, -0.2) is 17.0 Å². The summed E-state index contributed by atoms with van der Waals surface area (Å²) in [5, 5.41) is 14.4. The number of aromatic carboxylic acids is 1. The van der Waals surface area contributed by atoms with Gasteiger partial charge in [-0.1, -0.05) is 35.3 Å². The van der Waals surface area contributed by atoms with Gasteiger partial charge in [0.1, 0.15) is 9.90 Å². The summed E-state index contributed by atoms with van der Waals surface area (Å²) in [6.07, 6.45) is 0. The minimum absolute atomic E-state index is 0.0451. The maximum atomic E-state index is 12.4. The van der Waals surface area contributed by atoms with Crippen molar-refractivity contribution in [3.05, 3.63) is 61.1 Å². The first-order valence-electron chi connectivity index (χ1n) is 7.05. The van der Waals surface area contributed by atoms with Gasteiger partial charge in [0.05, 0.1) is 16.1 Å². The monoisotopic (exact) mass is 411 g/mol. The standard InChI is InChI=1S/C17H11Cl2NO3S2/c1-8-6-11(15(19)25-8)16(21)20-12-7-24-14(13(12)17(22)23)9-2-4-10(18)5-3-9/h2-7H,1H3,(H,20,21)(H,22,23). The van der Waals surface area contributed by atoms with Crippen LogP contribution in [0.4, 0.5) is 5.69 Å². The normalized spacial score (nSPS) is 10.7. The fourth-order valence-electron chi connectivity index (χ4n) is 2.31. The van der Waals surface area contributed by atoms with E-state index in [1.165, 1.54) is 22.7 Å². The van der Waals surface area contributed by atoms with Crippen LogP contribution in [0.1, 0.15) is 25.6 Å². The Hall–Kier alpha value is -1.86. The fraction of sp³-hybridized carbons (Fsp3) is 0.0588. The molecule has 0 aliphatic heterocycles. The second-order valence-corrected chi connectivity index (χ2v) is 8.34. The van der Waals surface area contributed by atoms with Crippen LogP contribution < -0.4 is 5.32 Å². The molecule has 128 valence electrons. The maximum absolute atomic E-state index is 12.4. The van der Waals surface area contributed by atoms with Gasteiger partial charge in [0.25, 0.3) is 5.91 Å². The smallest absolute Gasteiger partial charge is 0.339 e. The molecule has 0 atom stereocenters. The van der Waals surface area contributed by atoms with Crippen molar-refractivity contribution < 1.29 is 14.7 Å². The molecule has 3 rings (SSSR count). The molecule has 4 nitrogen and oxygen atoms in total. The van der Waals surface area contributed by atoms with E-state index in [1.807, 2.05) is 6.92 Å². The van der Waals surface area contributed by atoms with Crippen LogP contribution in [0.2, 0.25) is 9.36 Å². The van der Waals surface area contributed by atoms with Crippen LogP contribution in [0.5, 0.6) is 0 Å². The highest BCUT2D eigenvalue weighted by atomic mass is 35.5. The van der Waals surface area contributed by atoms with E-state index in [9.17, 15) is 14.7 Å². The van der Waals surface area contributed by atoms with Gasteiger partial charge in [0.15, 0.2) is 0 Å². The van der Waals surface area contributed by atoms with Crippen molar-refractivity contribution >= 4 is 63.4 Å². The second-order valence-electron chi connectivity index (χ2n) is 5.16. The molecular formula is C17H11Cl2NO3S2. The van der Waals surface area contributed by atoms with Gasteiger partial charge in [-0.05, 0) is 30.7 Å². The average Bonchev–Trinajstić information content (AvgIpc) is 3.11. The molecule has 0 saturated carbocycles. The van der Waals surface area contributed by atoms with E-state index < -0.39 is 11.9 Å². The van der Waals surface area contributed by atoms with Gasteiger partial charge in [0.2, 0.25) is 0 Å². The Morgan fingerprint density at radius 2 is 1.84 bits per heavy atom. The van der Waals surface area contributed by atoms with Gasteiger partial charge in [-0.3, -0.25) is 4.79 Å². The van der Waals surface area contributed by atoms with Crippen molar-refractivity contribution in [1.29, 1.82) is 0 Å². The average molecular weight is 412 g/mol. The van der Waals surface area contributed by atoms with Crippen LogP contribution in [0.15, 0.2) is 35.7 Å². The largest absolute Gasteiger partial charge is 0.478 e. The van der Waals surface area contributed by atoms with Gasteiger partial charge in [0, 0.05) is 15.3 Å². The molecule has 8 heteroatoms. The lowest BCUT2D eigenvalue weighted by Gasteiger charge is -2.06. The summed E-state index contributed by atoms with van der Waals surface area (Å²) in [6, 6.07) is 8.54. The van der Waals surface area contributed by atoms with Crippen LogP contribution in [0.3, 0.4) is 0 Å². The number of hydrogen-bond donors (Lipinski definition) is 2. The minimum atomic E-state index is -1.12. The molecular weight excluding hydrogens is 401 g/mol. The highest BCUT2D eigenvalue weighted by Crippen LogP contribution is 2.37. The molecule has 0 unspecified atom stereocenters. The molecule has 0 fully saturated rings. The van der Waals surface area contributed by atoms with Gasteiger partial charge in [-0.2, -0.15) is 0 Å².